The second-order valence-corrected chi connectivity index (χ2v) is 5.37. The van der Waals surface area contributed by atoms with Gasteiger partial charge in [0.25, 0.3) is 0 Å². The molecule has 3 N–H and O–H groups in total. The van der Waals surface area contributed by atoms with Crippen LogP contribution in [0.5, 0.6) is 0 Å². The second-order valence-electron chi connectivity index (χ2n) is 4.46. The summed E-state index contributed by atoms with van der Waals surface area (Å²) in [5.74, 6) is -1.27. The largest absolute Gasteiger partial charge is 0.416 e. The molecule has 3 nitrogen and oxygen atoms in total. The van der Waals surface area contributed by atoms with Crippen molar-refractivity contribution in [3.63, 3.8) is 0 Å². The number of anilines is 1. The Bertz CT molecular complexity index is 549. The van der Waals surface area contributed by atoms with E-state index < -0.39 is 23.6 Å². The minimum Gasteiger partial charge on any atom is -0.393 e. The Morgan fingerprint density at radius 1 is 1.43 bits per heavy atom. The molecule has 1 rings (SSSR count). The molecule has 0 saturated carbocycles. The van der Waals surface area contributed by atoms with Crippen LogP contribution in [-0.4, -0.2) is 10.9 Å². The number of rotatable bonds is 5. The summed E-state index contributed by atoms with van der Waals surface area (Å²) in [6, 6.07) is 2.83. The number of nitrogens with one attached hydrogen (secondary N) is 1. The quantitative estimate of drug-likeness (QED) is 0.798. The fourth-order valence-electron chi connectivity index (χ4n) is 1.75. The van der Waals surface area contributed by atoms with Crippen molar-refractivity contribution in [1.82, 2.24) is 0 Å². The van der Waals surface area contributed by atoms with Gasteiger partial charge in [-0.05, 0) is 24.6 Å². The molecule has 0 spiro atoms. The number of carbonyl (C=O) groups excluding carboxylic acids is 1. The van der Waals surface area contributed by atoms with Gasteiger partial charge in [-0.15, -0.1) is 0 Å². The van der Waals surface area contributed by atoms with Crippen LogP contribution in [0.4, 0.5) is 18.9 Å². The Morgan fingerprint density at radius 2 is 2.05 bits per heavy atom. The van der Waals surface area contributed by atoms with Crippen LogP contribution < -0.4 is 11.1 Å². The van der Waals surface area contributed by atoms with E-state index in [4.69, 9.17) is 29.6 Å². The molecule has 0 aliphatic carbocycles. The highest BCUT2D eigenvalue weighted by Gasteiger charge is 2.31. The summed E-state index contributed by atoms with van der Waals surface area (Å²) in [5, 5.41) is 2.25. The summed E-state index contributed by atoms with van der Waals surface area (Å²) >= 11 is 10.4. The van der Waals surface area contributed by atoms with Crippen LogP contribution in [0.15, 0.2) is 18.2 Å². The molecule has 0 radical (unpaired) electrons. The Hall–Kier alpha value is -1.34. The summed E-state index contributed by atoms with van der Waals surface area (Å²) in [6.07, 6.45) is -3.46. The standard InChI is InChI=1S/C13H14ClF3N2OS/c1-2-3-10(11(18)21)12(20)19-9-5-7(13(15,16)17)4-8(14)6-9/h4-6,10H,2-3H2,1H3,(H2,18,21)(H,19,20). The lowest BCUT2D eigenvalue weighted by Gasteiger charge is -2.16. The molecule has 1 aromatic rings. The average molecular weight is 339 g/mol. The molecule has 21 heavy (non-hydrogen) atoms. The number of nitrogens with two attached hydrogens (primary N) is 1. The summed E-state index contributed by atoms with van der Waals surface area (Å²) in [6.45, 7) is 1.85. The predicted octanol–water partition coefficient (Wildman–Crippen LogP) is 4.00. The van der Waals surface area contributed by atoms with Gasteiger partial charge in [-0.3, -0.25) is 4.79 Å². The van der Waals surface area contributed by atoms with E-state index in [1.807, 2.05) is 6.92 Å². The van der Waals surface area contributed by atoms with E-state index in [0.717, 1.165) is 12.1 Å². The molecule has 8 heteroatoms. The number of benzene rings is 1. The molecule has 0 aromatic heterocycles. The van der Waals surface area contributed by atoms with Crippen molar-refractivity contribution in [2.75, 3.05) is 5.32 Å². The van der Waals surface area contributed by atoms with Crippen molar-refractivity contribution in [3.8, 4) is 0 Å². The molecule has 0 saturated heterocycles. The first-order valence-corrected chi connectivity index (χ1v) is 6.91. The number of carbonyl (C=O) groups is 1. The lowest BCUT2D eigenvalue weighted by atomic mass is 10.0. The van der Waals surface area contributed by atoms with Gasteiger partial charge in [0.1, 0.15) is 0 Å². The first-order chi connectivity index (χ1) is 9.65. The van der Waals surface area contributed by atoms with Crippen LogP contribution in [0, 0.1) is 5.92 Å². The van der Waals surface area contributed by atoms with Crippen LogP contribution in [-0.2, 0) is 11.0 Å². The maximum absolute atomic E-state index is 12.7. The molecule has 0 fully saturated rings. The molecule has 1 atom stereocenters. The Morgan fingerprint density at radius 3 is 2.52 bits per heavy atom. The zero-order valence-corrected chi connectivity index (χ0v) is 12.7. The third kappa shape index (κ3) is 5.17. The first-order valence-electron chi connectivity index (χ1n) is 6.13. The summed E-state index contributed by atoms with van der Waals surface area (Å²) in [4.78, 5) is 12.0. The molecule has 0 aliphatic rings. The van der Waals surface area contributed by atoms with E-state index in [9.17, 15) is 18.0 Å². The van der Waals surface area contributed by atoms with E-state index in [1.54, 1.807) is 0 Å². The van der Waals surface area contributed by atoms with Gasteiger partial charge in [-0.1, -0.05) is 37.2 Å². The molecule has 1 aromatic carbocycles. The monoisotopic (exact) mass is 338 g/mol. The van der Waals surface area contributed by atoms with Crippen LogP contribution in [0.25, 0.3) is 0 Å². The SMILES string of the molecule is CCCC(C(=O)Nc1cc(Cl)cc(C(F)(F)F)c1)C(N)=S. The number of amides is 1. The number of alkyl halides is 3. The first kappa shape index (κ1) is 17.7. The number of hydrogen-bond donors (Lipinski definition) is 2. The van der Waals surface area contributed by atoms with Gasteiger partial charge in [0, 0.05) is 10.7 Å². The zero-order valence-electron chi connectivity index (χ0n) is 11.1. The number of halogens is 4. The minimum absolute atomic E-state index is 0.00687. The Kier molecular flexibility index (Phi) is 5.98. The third-order valence-electron chi connectivity index (χ3n) is 2.73. The number of thiocarbonyl (C=S) groups is 1. The molecule has 0 aliphatic heterocycles. The van der Waals surface area contributed by atoms with Crippen LogP contribution in [0.2, 0.25) is 5.02 Å². The van der Waals surface area contributed by atoms with Crippen LogP contribution >= 0.6 is 23.8 Å². The minimum atomic E-state index is -4.55. The normalized spacial score (nSPS) is 12.8. The summed E-state index contributed by atoms with van der Waals surface area (Å²) in [5.41, 5.74) is 4.49. The molecule has 1 unspecified atom stereocenters. The fraction of sp³-hybridized carbons (Fsp3) is 0.385. The van der Waals surface area contributed by atoms with Crippen molar-refractivity contribution in [3.05, 3.63) is 28.8 Å². The van der Waals surface area contributed by atoms with Crippen molar-refractivity contribution in [1.29, 1.82) is 0 Å². The topological polar surface area (TPSA) is 55.1 Å². The highest BCUT2D eigenvalue weighted by Crippen LogP contribution is 2.33. The maximum atomic E-state index is 12.7. The molecule has 116 valence electrons. The number of hydrogen-bond acceptors (Lipinski definition) is 2. The fourth-order valence-corrected chi connectivity index (χ4v) is 2.21. The molecular weight excluding hydrogens is 325 g/mol. The van der Waals surface area contributed by atoms with Gasteiger partial charge in [0.05, 0.1) is 16.5 Å². The highest BCUT2D eigenvalue weighted by atomic mass is 35.5. The lowest BCUT2D eigenvalue weighted by Crippen LogP contribution is -2.33. The molecule has 1 amide bonds. The van der Waals surface area contributed by atoms with E-state index in [-0.39, 0.29) is 15.7 Å². The van der Waals surface area contributed by atoms with E-state index in [1.165, 1.54) is 6.07 Å². The van der Waals surface area contributed by atoms with Crippen molar-refractivity contribution in [2.45, 2.75) is 25.9 Å². The van der Waals surface area contributed by atoms with Crippen molar-refractivity contribution >= 4 is 40.4 Å². The van der Waals surface area contributed by atoms with E-state index >= 15 is 0 Å². The zero-order chi connectivity index (χ0) is 16.2. The van der Waals surface area contributed by atoms with E-state index in [2.05, 4.69) is 5.32 Å². The lowest BCUT2D eigenvalue weighted by molar-refractivity contribution is -0.137. The van der Waals surface area contributed by atoms with Crippen LogP contribution in [0.3, 0.4) is 0 Å². The van der Waals surface area contributed by atoms with E-state index in [0.29, 0.717) is 12.8 Å². The maximum Gasteiger partial charge on any atom is 0.416 e. The van der Waals surface area contributed by atoms with Gasteiger partial charge in [0.2, 0.25) is 5.91 Å². The van der Waals surface area contributed by atoms with Gasteiger partial charge in [0.15, 0.2) is 0 Å². The van der Waals surface area contributed by atoms with Crippen molar-refractivity contribution < 1.29 is 18.0 Å². The molecule has 0 bridgehead atoms. The molecular formula is C13H14ClF3N2OS. The smallest absolute Gasteiger partial charge is 0.393 e. The Labute approximate surface area is 130 Å². The average Bonchev–Trinajstić information content (AvgIpc) is 2.33. The Balaban J connectivity index is 2.99. The van der Waals surface area contributed by atoms with Gasteiger partial charge in [-0.25, -0.2) is 0 Å². The summed E-state index contributed by atoms with van der Waals surface area (Å²) < 4.78 is 38.0. The van der Waals surface area contributed by atoms with Crippen LogP contribution in [0.1, 0.15) is 25.3 Å². The van der Waals surface area contributed by atoms with Gasteiger partial charge >= 0.3 is 6.18 Å². The highest BCUT2D eigenvalue weighted by molar-refractivity contribution is 7.80. The second kappa shape index (κ2) is 7.09. The molecule has 0 heterocycles. The van der Waals surface area contributed by atoms with Crippen molar-refractivity contribution in [2.24, 2.45) is 11.7 Å². The third-order valence-corrected chi connectivity index (χ3v) is 3.23. The predicted molar refractivity (Wildman–Crippen MR) is 80.3 cm³/mol. The van der Waals surface area contributed by atoms with Gasteiger partial charge in [-0.2, -0.15) is 13.2 Å². The van der Waals surface area contributed by atoms with Gasteiger partial charge < -0.3 is 11.1 Å². The summed E-state index contributed by atoms with van der Waals surface area (Å²) in [7, 11) is 0.